The molecule has 4 nitrogen and oxygen atoms in total. The molecule has 0 bridgehead atoms. The molecular weight excluding hydrogens is 343 g/mol. The second-order valence-corrected chi connectivity index (χ2v) is 6.17. The summed E-state index contributed by atoms with van der Waals surface area (Å²) < 4.78 is 13.0. The average molecular weight is 363 g/mol. The second-order valence-electron chi connectivity index (χ2n) is 5.76. The standard InChI is InChI=1S/C19H20ClFN2O2/c1-13(19(25)22-11-16-5-3-4-6-18(16)20)23(14(2)24)12-15-7-9-17(21)10-8-15/h3-10,13H,11-12H2,1-2H3,(H,22,25)/t13-/m0/s1. The van der Waals surface area contributed by atoms with E-state index in [0.717, 1.165) is 11.1 Å². The minimum atomic E-state index is -0.662. The summed E-state index contributed by atoms with van der Waals surface area (Å²) in [7, 11) is 0. The van der Waals surface area contributed by atoms with Gasteiger partial charge in [-0.25, -0.2) is 4.39 Å². The minimum Gasteiger partial charge on any atom is -0.350 e. The summed E-state index contributed by atoms with van der Waals surface area (Å²) in [6.45, 7) is 3.58. The zero-order valence-electron chi connectivity index (χ0n) is 14.1. The molecular formula is C19H20ClFN2O2. The van der Waals surface area contributed by atoms with E-state index in [4.69, 9.17) is 11.6 Å². The van der Waals surface area contributed by atoms with E-state index < -0.39 is 6.04 Å². The van der Waals surface area contributed by atoms with Crippen molar-refractivity contribution in [3.8, 4) is 0 Å². The van der Waals surface area contributed by atoms with E-state index in [1.807, 2.05) is 18.2 Å². The molecule has 0 spiro atoms. The Balaban J connectivity index is 2.02. The number of amides is 2. The quantitative estimate of drug-likeness (QED) is 0.854. The third-order valence-corrected chi connectivity index (χ3v) is 4.30. The van der Waals surface area contributed by atoms with Gasteiger partial charge in [-0.2, -0.15) is 0 Å². The highest BCUT2D eigenvalue weighted by molar-refractivity contribution is 6.31. The van der Waals surface area contributed by atoms with Crippen LogP contribution in [0.2, 0.25) is 5.02 Å². The Labute approximate surface area is 151 Å². The predicted molar refractivity (Wildman–Crippen MR) is 95.4 cm³/mol. The minimum absolute atomic E-state index is 0.232. The molecule has 0 radical (unpaired) electrons. The van der Waals surface area contributed by atoms with E-state index in [9.17, 15) is 14.0 Å². The van der Waals surface area contributed by atoms with E-state index in [1.165, 1.54) is 24.0 Å². The van der Waals surface area contributed by atoms with E-state index >= 15 is 0 Å². The Hall–Kier alpha value is -2.40. The summed E-state index contributed by atoms with van der Waals surface area (Å²) in [5.74, 6) is -0.856. The number of hydrogen-bond acceptors (Lipinski definition) is 2. The summed E-state index contributed by atoms with van der Waals surface area (Å²) in [4.78, 5) is 25.8. The molecule has 2 aromatic carbocycles. The van der Waals surface area contributed by atoms with E-state index in [1.54, 1.807) is 25.1 Å². The lowest BCUT2D eigenvalue weighted by Gasteiger charge is -2.27. The maximum absolute atomic E-state index is 13.0. The van der Waals surface area contributed by atoms with Crippen molar-refractivity contribution in [2.75, 3.05) is 0 Å². The number of halogens is 2. The Morgan fingerprint density at radius 3 is 2.40 bits per heavy atom. The fourth-order valence-corrected chi connectivity index (χ4v) is 2.62. The number of carbonyl (C=O) groups is 2. The van der Waals surface area contributed by atoms with E-state index in [-0.39, 0.29) is 30.7 Å². The molecule has 0 fully saturated rings. The zero-order chi connectivity index (χ0) is 18.4. The second kappa shape index (κ2) is 8.62. The van der Waals surface area contributed by atoms with Gasteiger partial charge in [0.1, 0.15) is 11.9 Å². The summed E-state index contributed by atoms with van der Waals surface area (Å²) in [5.41, 5.74) is 1.56. The van der Waals surface area contributed by atoms with Crippen LogP contribution in [0.3, 0.4) is 0 Å². The van der Waals surface area contributed by atoms with Gasteiger partial charge in [0.15, 0.2) is 0 Å². The third-order valence-electron chi connectivity index (χ3n) is 3.93. The molecule has 1 atom stereocenters. The molecule has 0 aliphatic rings. The Morgan fingerprint density at radius 1 is 1.16 bits per heavy atom. The molecule has 2 aromatic rings. The predicted octanol–water partition coefficient (Wildman–Crippen LogP) is 3.53. The fourth-order valence-electron chi connectivity index (χ4n) is 2.42. The highest BCUT2D eigenvalue weighted by atomic mass is 35.5. The van der Waals surface area contributed by atoms with Gasteiger partial charge in [0, 0.05) is 25.0 Å². The number of carbonyl (C=O) groups excluding carboxylic acids is 2. The number of rotatable bonds is 6. The van der Waals surface area contributed by atoms with Crippen molar-refractivity contribution < 1.29 is 14.0 Å². The normalized spacial score (nSPS) is 11.7. The lowest BCUT2D eigenvalue weighted by molar-refractivity contribution is -0.139. The molecule has 6 heteroatoms. The molecule has 132 valence electrons. The summed E-state index contributed by atoms with van der Waals surface area (Å²) >= 11 is 6.07. The smallest absolute Gasteiger partial charge is 0.242 e. The molecule has 25 heavy (non-hydrogen) atoms. The van der Waals surface area contributed by atoms with Crippen molar-refractivity contribution in [3.05, 3.63) is 70.5 Å². The topological polar surface area (TPSA) is 49.4 Å². The number of nitrogens with one attached hydrogen (secondary N) is 1. The fraction of sp³-hybridized carbons (Fsp3) is 0.263. The van der Waals surface area contributed by atoms with E-state index in [0.29, 0.717) is 5.02 Å². The van der Waals surface area contributed by atoms with Crippen molar-refractivity contribution in [2.24, 2.45) is 0 Å². The monoisotopic (exact) mass is 362 g/mol. The third kappa shape index (κ3) is 5.29. The van der Waals surface area contributed by atoms with Crippen LogP contribution in [0.15, 0.2) is 48.5 Å². The lowest BCUT2D eigenvalue weighted by Crippen LogP contribution is -2.46. The Bertz CT molecular complexity index is 749. The van der Waals surface area contributed by atoms with Crippen LogP contribution in [0.4, 0.5) is 4.39 Å². The first-order chi connectivity index (χ1) is 11.9. The zero-order valence-corrected chi connectivity index (χ0v) is 14.9. The van der Waals surface area contributed by atoms with Gasteiger partial charge in [-0.15, -0.1) is 0 Å². The first-order valence-corrected chi connectivity index (χ1v) is 8.29. The van der Waals surface area contributed by atoms with Crippen molar-refractivity contribution in [2.45, 2.75) is 33.0 Å². The van der Waals surface area contributed by atoms with Gasteiger partial charge in [-0.3, -0.25) is 9.59 Å². The molecule has 0 saturated carbocycles. The maximum Gasteiger partial charge on any atom is 0.242 e. The molecule has 2 amide bonds. The highest BCUT2D eigenvalue weighted by Gasteiger charge is 2.23. The number of benzene rings is 2. The largest absolute Gasteiger partial charge is 0.350 e. The van der Waals surface area contributed by atoms with Crippen molar-refractivity contribution in [1.82, 2.24) is 10.2 Å². The van der Waals surface area contributed by atoms with Crippen LogP contribution in [-0.2, 0) is 22.7 Å². The summed E-state index contributed by atoms with van der Waals surface area (Å²) in [6, 6.07) is 12.4. The SMILES string of the molecule is CC(=O)N(Cc1ccc(F)cc1)[C@@H](C)C(=O)NCc1ccccc1Cl. The van der Waals surface area contributed by atoms with Crippen LogP contribution in [0.5, 0.6) is 0 Å². The number of hydrogen-bond donors (Lipinski definition) is 1. The summed E-state index contributed by atoms with van der Waals surface area (Å²) in [5, 5.41) is 3.37. The van der Waals surface area contributed by atoms with Gasteiger partial charge in [0.25, 0.3) is 0 Å². The maximum atomic E-state index is 13.0. The molecule has 0 aromatic heterocycles. The van der Waals surface area contributed by atoms with Gasteiger partial charge in [0.05, 0.1) is 0 Å². The van der Waals surface area contributed by atoms with Gasteiger partial charge < -0.3 is 10.2 Å². The number of nitrogens with zero attached hydrogens (tertiary/aromatic N) is 1. The first-order valence-electron chi connectivity index (χ1n) is 7.91. The molecule has 1 N–H and O–H groups in total. The average Bonchev–Trinajstić information content (AvgIpc) is 2.59. The van der Waals surface area contributed by atoms with Crippen LogP contribution in [0, 0.1) is 5.82 Å². The van der Waals surface area contributed by atoms with Gasteiger partial charge >= 0.3 is 0 Å². The van der Waals surface area contributed by atoms with E-state index in [2.05, 4.69) is 5.32 Å². The molecule has 0 unspecified atom stereocenters. The Kier molecular flexibility index (Phi) is 6.53. The van der Waals surface area contributed by atoms with Gasteiger partial charge in [-0.1, -0.05) is 41.9 Å². The first kappa shape index (κ1) is 18.9. The highest BCUT2D eigenvalue weighted by Crippen LogP contribution is 2.15. The van der Waals surface area contributed by atoms with Crippen LogP contribution < -0.4 is 5.32 Å². The Morgan fingerprint density at radius 2 is 1.80 bits per heavy atom. The van der Waals surface area contributed by atoms with Crippen molar-refractivity contribution in [1.29, 1.82) is 0 Å². The van der Waals surface area contributed by atoms with Crippen molar-refractivity contribution in [3.63, 3.8) is 0 Å². The molecule has 2 rings (SSSR count). The van der Waals surface area contributed by atoms with Gasteiger partial charge in [-0.05, 0) is 36.2 Å². The van der Waals surface area contributed by atoms with Crippen LogP contribution in [0.1, 0.15) is 25.0 Å². The van der Waals surface area contributed by atoms with Gasteiger partial charge in [0.2, 0.25) is 11.8 Å². The van der Waals surface area contributed by atoms with Crippen LogP contribution in [0.25, 0.3) is 0 Å². The van der Waals surface area contributed by atoms with Crippen molar-refractivity contribution >= 4 is 23.4 Å². The molecule has 0 saturated heterocycles. The molecule has 0 aliphatic heterocycles. The molecule has 0 aliphatic carbocycles. The van der Waals surface area contributed by atoms with Crippen LogP contribution in [-0.4, -0.2) is 22.8 Å². The molecule has 0 heterocycles. The van der Waals surface area contributed by atoms with Crippen LogP contribution >= 0.6 is 11.6 Å². The lowest BCUT2D eigenvalue weighted by atomic mass is 10.1. The summed E-state index contributed by atoms with van der Waals surface area (Å²) in [6.07, 6.45) is 0.